The van der Waals surface area contributed by atoms with Gasteiger partial charge in [0, 0.05) is 26.1 Å². The normalized spacial score (nSPS) is 12.3. The Labute approximate surface area is 225 Å². The number of carbonyl (C=O) groups excluding carboxylic acids is 1. The van der Waals surface area contributed by atoms with Crippen LogP contribution < -0.4 is 14.8 Å². The Morgan fingerprint density at radius 1 is 0.868 bits per heavy atom. The van der Waals surface area contributed by atoms with Crippen molar-refractivity contribution >= 4 is 12.0 Å². The SMILES string of the molecule is CCCCNC(=O)N(CCCOc1ccc(C[C@](C)(Oc2ccccc2)C(=O)O)cc1)Cc1ccccc1. The van der Waals surface area contributed by atoms with Crippen molar-refractivity contribution in [3.05, 3.63) is 96.1 Å². The van der Waals surface area contributed by atoms with E-state index in [1.807, 2.05) is 77.7 Å². The number of nitrogens with one attached hydrogen (secondary N) is 1. The summed E-state index contributed by atoms with van der Waals surface area (Å²) >= 11 is 0. The van der Waals surface area contributed by atoms with Gasteiger partial charge >= 0.3 is 12.0 Å². The Morgan fingerprint density at radius 2 is 1.53 bits per heavy atom. The Hall–Kier alpha value is -4.00. The summed E-state index contributed by atoms with van der Waals surface area (Å²) in [6, 6.07) is 26.2. The van der Waals surface area contributed by atoms with Crippen molar-refractivity contribution in [1.29, 1.82) is 0 Å². The lowest BCUT2D eigenvalue weighted by Gasteiger charge is -2.26. The number of hydrogen-bond donors (Lipinski definition) is 2. The van der Waals surface area contributed by atoms with E-state index in [-0.39, 0.29) is 12.5 Å². The number of aliphatic carboxylic acids is 1. The maximum atomic E-state index is 12.7. The number of unbranched alkanes of at least 4 members (excludes halogenated alkanes) is 1. The van der Waals surface area contributed by atoms with E-state index in [0.29, 0.717) is 44.2 Å². The molecule has 2 N–H and O–H groups in total. The number of benzene rings is 3. The molecule has 3 rings (SSSR count). The van der Waals surface area contributed by atoms with Crippen LogP contribution in [0.25, 0.3) is 0 Å². The van der Waals surface area contributed by atoms with Gasteiger partial charge in [0.05, 0.1) is 6.61 Å². The summed E-state index contributed by atoms with van der Waals surface area (Å²) in [5, 5.41) is 12.8. The molecule has 0 aliphatic rings. The molecule has 202 valence electrons. The Balaban J connectivity index is 1.51. The molecular weight excluding hydrogens is 480 g/mol. The number of carbonyl (C=O) groups is 2. The highest BCUT2D eigenvalue weighted by Gasteiger charge is 2.36. The molecule has 0 aliphatic heterocycles. The molecule has 0 saturated carbocycles. The third-order valence-corrected chi connectivity index (χ3v) is 6.15. The molecule has 0 fully saturated rings. The number of urea groups is 1. The quantitative estimate of drug-likeness (QED) is 0.243. The third kappa shape index (κ3) is 9.14. The van der Waals surface area contributed by atoms with E-state index in [4.69, 9.17) is 9.47 Å². The van der Waals surface area contributed by atoms with Crippen LogP contribution in [0.2, 0.25) is 0 Å². The van der Waals surface area contributed by atoms with Crippen LogP contribution in [-0.2, 0) is 17.8 Å². The Bertz CT molecular complexity index is 1120. The van der Waals surface area contributed by atoms with Crippen molar-refractivity contribution in [3.63, 3.8) is 0 Å². The first-order chi connectivity index (χ1) is 18.4. The summed E-state index contributed by atoms with van der Waals surface area (Å²) in [4.78, 5) is 26.5. The van der Waals surface area contributed by atoms with Gasteiger partial charge in [0.25, 0.3) is 0 Å². The van der Waals surface area contributed by atoms with Crippen LogP contribution in [0.3, 0.4) is 0 Å². The predicted molar refractivity (Wildman–Crippen MR) is 149 cm³/mol. The van der Waals surface area contributed by atoms with Gasteiger partial charge in [-0.3, -0.25) is 0 Å². The molecule has 0 spiro atoms. The van der Waals surface area contributed by atoms with Crippen LogP contribution in [0.5, 0.6) is 11.5 Å². The fourth-order valence-corrected chi connectivity index (χ4v) is 3.98. The van der Waals surface area contributed by atoms with Gasteiger partial charge in [-0.15, -0.1) is 0 Å². The van der Waals surface area contributed by atoms with E-state index in [9.17, 15) is 14.7 Å². The minimum absolute atomic E-state index is 0.0640. The molecule has 1 atom stereocenters. The first-order valence-electron chi connectivity index (χ1n) is 13.2. The molecule has 7 heteroatoms. The van der Waals surface area contributed by atoms with Crippen LogP contribution in [0, 0.1) is 0 Å². The van der Waals surface area contributed by atoms with Crippen LogP contribution in [0.4, 0.5) is 4.79 Å². The second kappa shape index (κ2) is 14.7. The zero-order chi connectivity index (χ0) is 27.2. The van der Waals surface area contributed by atoms with Gasteiger partial charge in [0.2, 0.25) is 5.60 Å². The average Bonchev–Trinajstić information content (AvgIpc) is 2.92. The minimum Gasteiger partial charge on any atom is -0.494 e. The van der Waals surface area contributed by atoms with Crippen molar-refractivity contribution in [1.82, 2.24) is 10.2 Å². The number of amides is 2. The smallest absolute Gasteiger partial charge is 0.348 e. The summed E-state index contributed by atoms with van der Waals surface area (Å²) in [5.74, 6) is 0.176. The van der Waals surface area contributed by atoms with E-state index in [2.05, 4.69) is 12.2 Å². The summed E-state index contributed by atoms with van der Waals surface area (Å²) < 4.78 is 11.7. The predicted octanol–water partition coefficient (Wildman–Crippen LogP) is 5.93. The number of nitrogens with zero attached hydrogens (tertiary/aromatic N) is 1. The second-order valence-corrected chi connectivity index (χ2v) is 9.47. The standard InChI is InChI=1S/C31H38N2O5/c1-3-4-20-32-30(36)33(24-26-12-7-5-8-13-26)21-11-22-37-27-18-16-25(17-19-27)23-31(2,29(34)35)38-28-14-9-6-10-15-28/h5-10,12-19H,3-4,11,20-24H2,1-2H3,(H,32,36)(H,34,35)/t31-/m0/s1. The van der Waals surface area contributed by atoms with Gasteiger partial charge in [-0.25, -0.2) is 9.59 Å². The first kappa shape index (κ1) is 28.6. The van der Waals surface area contributed by atoms with Crippen molar-refractivity contribution in [2.45, 2.75) is 51.7 Å². The topological polar surface area (TPSA) is 88.1 Å². The molecule has 0 unspecified atom stereocenters. The highest BCUT2D eigenvalue weighted by Crippen LogP contribution is 2.24. The molecule has 0 saturated heterocycles. The molecular formula is C31H38N2O5. The maximum Gasteiger partial charge on any atom is 0.348 e. The summed E-state index contributed by atoms with van der Waals surface area (Å²) in [6.07, 6.45) is 2.87. The molecule has 0 radical (unpaired) electrons. The van der Waals surface area contributed by atoms with Gasteiger partial charge in [-0.05, 0) is 55.2 Å². The molecule has 0 aliphatic carbocycles. The summed E-state index contributed by atoms with van der Waals surface area (Å²) in [6.45, 7) is 5.91. The lowest BCUT2D eigenvalue weighted by atomic mass is 9.96. The Kier molecular flexibility index (Phi) is 11.0. The monoisotopic (exact) mass is 518 g/mol. The molecule has 3 aromatic rings. The number of para-hydroxylation sites is 1. The molecule has 38 heavy (non-hydrogen) atoms. The van der Waals surface area contributed by atoms with Crippen molar-refractivity contribution in [2.75, 3.05) is 19.7 Å². The van der Waals surface area contributed by atoms with E-state index >= 15 is 0 Å². The fourth-order valence-electron chi connectivity index (χ4n) is 3.98. The lowest BCUT2D eigenvalue weighted by molar-refractivity contribution is -0.153. The van der Waals surface area contributed by atoms with Gasteiger partial charge < -0.3 is 24.8 Å². The zero-order valence-corrected chi connectivity index (χ0v) is 22.3. The number of rotatable bonds is 15. The van der Waals surface area contributed by atoms with Gasteiger partial charge in [0.1, 0.15) is 11.5 Å². The van der Waals surface area contributed by atoms with Gasteiger partial charge in [-0.1, -0.05) is 74.0 Å². The number of hydrogen-bond acceptors (Lipinski definition) is 4. The lowest BCUT2D eigenvalue weighted by Crippen LogP contribution is -2.43. The molecule has 0 aromatic heterocycles. The molecule has 0 heterocycles. The van der Waals surface area contributed by atoms with Crippen LogP contribution in [0.15, 0.2) is 84.9 Å². The van der Waals surface area contributed by atoms with E-state index in [1.165, 1.54) is 0 Å². The van der Waals surface area contributed by atoms with Gasteiger partial charge in [0.15, 0.2) is 0 Å². The molecule has 7 nitrogen and oxygen atoms in total. The molecule has 0 bridgehead atoms. The van der Waals surface area contributed by atoms with Crippen molar-refractivity contribution in [3.8, 4) is 11.5 Å². The molecule has 3 aromatic carbocycles. The van der Waals surface area contributed by atoms with Crippen LogP contribution in [0.1, 0.15) is 44.2 Å². The zero-order valence-electron chi connectivity index (χ0n) is 22.3. The number of ether oxygens (including phenoxy) is 2. The summed E-state index contributed by atoms with van der Waals surface area (Å²) in [5.41, 5.74) is 0.513. The van der Waals surface area contributed by atoms with E-state index in [1.54, 1.807) is 19.1 Å². The van der Waals surface area contributed by atoms with Crippen LogP contribution >= 0.6 is 0 Å². The highest BCUT2D eigenvalue weighted by molar-refractivity contribution is 5.78. The number of carboxylic acids is 1. The minimum atomic E-state index is -1.40. The average molecular weight is 519 g/mol. The van der Waals surface area contributed by atoms with E-state index < -0.39 is 11.6 Å². The fraction of sp³-hybridized carbons (Fsp3) is 0.355. The molecule has 2 amide bonds. The van der Waals surface area contributed by atoms with Crippen molar-refractivity contribution in [2.24, 2.45) is 0 Å². The maximum absolute atomic E-state index is 12.7. The Morgan fingerprint density at radius 3 is 2.16 bits per heavy atom. The van der Waals surface area contributed by atoms with Crippen LogP contribution in [-0.4, -0.2) is 47.3 Å². The highest BCUT2D eigenvalue weighted by atomic mass is 16.5. The summed E-state index contributed by atoms with van der Waals surface area (Å²) in [7, 11) is 0. The second-order valence-electron chi connectivity index (χ2n) is 9.47. The number of carboxylic acid groups (broad SMARTS) is 1. The van der Waals surface area contributed by atoms with E-state index in [0.717, 1.165) is 24.0 Å². The van der Waals surface area contributed by atoms with Crippen molar-refractivity contribution < 1.29 is 24.2 Å². The first-order valence-corrected chi connectivity index (χ1v) is 13.2. The third-order valence-electron chi connectivity index (χ3n) is 6.15. The van der Waals surface area contributed by atoms with Gasteiger partial charge in [-0.2, -0.15) is 0 Å². The largest absolute Gasteiger partial charge is 0.494 e.